The van der Waals surface area contributed by atoms with Gasteiger partial charge in [0.2, 0.25) is 0 Å². The van der Waals surface area contributed by atoms with Crippen molar-refractivity contribution in [3.63, 3.8) is 0 Å². The smallest absolute Gasteiger partial charge is 0.251 e. The van der Waals surface area contributed by atoms with Crippen LogP contribution in [0.25, 0.3) is 10.8 Å². The summed E-state index contributed by atoms with van der Waals surface area (Å²) < 4.78 is 6.75. The summed E-state index contributed by atoms with van der Waals surface area (Å²) in [5.74, 6) is 0.736. The van der Waals surface area contributed by atoms with Crippen LogP contribution in [-0.2, 0) is 0 Å². The van der Waals surface area contributed by atoms with Gasteiger partial charge in [0, 0.05) is 15.4 Å². The highest BCUT2D eigenvalue weighted by Crippen LogP contribution is 2.24. The zero-order chi connectivity index (χ0) is 16.1. The van der Waals surface area contributed by atoms with Gasteiger partial charge in [-0.3, -0.25) is 4.79 Å². The molecule has 23 heavy (non-hydrogen) atoms. The molecule has 0 saturated heterocycles. The fourth-order valence-electron chi connectivity index (χ4n) is 2.35. The molecule has 3 aromatic carbocycles. The molecule has 0 heterocycles. The van der Waals surface area contributed by atoms with E-state index < -0.39 is 0 Å². The van der Waals surface area contributed by atoms with E-state index in [2.05, 4.69) is 33.4 Å². The van der Waals surface area contributed by atoms with E-state index in [0.29, 0.717) is 18.7 Å². The molecule has 0 aliphatic carbocycles. The Labute approximate surface area is 143 Å². The van der Waals surface area contributed by atoms with Gasteiger partial charge in [-0.1, -0.05) is 52.3 Å². The molecule has 0 saturated carbocycles. The van der Waals surface area contributed by atoms with Crippen molar-refractivity contribution < 1.29 is 9.53 Å². The summed E-state index contributed by atoms with van der Waals surface area (Å²) in [5.41, 5.74) is 0.637. The first-order chi connectivity index (χ1) is 11.2. The molecule has 3 rings (SSSR count). The second kappa shape index (κ2) is 7.29. The Morgan fingerprint density at radius 2 is 1.70 bits per heavy atom. The minimum Gasteiger partial charge on any atom is -0.491 e. The third-order valence-electron chi connectivity index (χ3n) is 3.50. The van der Waals surface area contributed by atoms with Crippen molar-refractivity contribution in [3.05, 3.63) is 76.8 Å². The van der Waals surface area contributed by atoms with Gasteiger partial charge in [-0.25, -0.2) is 0 Å². The molecular formula is C19H16BrNO2. The van der Waals surface area contributed by atoms with Crippen molar-refractivity contribution in [1.82, 2.24) is 5.32 Å². The van der Waals surface area contributed by atoms with Crippen LogP contribution in [0.5, 0.6) is 5.75 Å². The molecule has 0 aliphatic rings. The van der Waals surface area contributed by atoms with E-state index in [0.717, 1.165) is 21.0 Å². The second-order valence-corrected chi connectivity index (χ2v) is 6.00. The SMILES string of the molecule is O=C(NCCOc1cccc2ccccc12)c1ccc(Br)cc1. The number of rotatable bonds is 5. The fraction of sp³-hybridized carbons (Fsp3) is 0.105. The van der Waals surface area contributed by atoms with E-state index in [1.54, 1.807) is 12.1 Å². The molecule has 0 unspecified atom stereocenters. The zero-order valence-electron chi connectivity index (χ0n) is 12.5. The maximum Gasteiger partial charge on any atom is 0.251 e. The monoisotopic (exact) mass is 369 g/mol. The van der Waals surface area contributed by atoms with Crippen LogP contribution >= 0.6 is 15.9 Å². The average Bonchev–Trinajstić information content (AvgIpc) is 2.59. The Balaban J connectivity index is 1.55. The van der Waals surface area contributed by atoms with Crippen LogP contribution < -0.4 is 10.1 Å². The molecule has 0 bridgehead atoms. The van der Waals surface area contributed by atoms with Crippen molar-refractivity contribution in [2.24, 2.45) is 0 Å². The Morgan fingerprint density at radius 1 is 0.957 bits per heavy atom. The first-order valence-electron chi connectivity index (χ1n) is 7.38. The lowest BCUT2D eigenvalue weighted by molar-refractivity contribution is 0.0947. The van der Waals surface area contributed by atoms with Gasteiger partial charge in [0.15, 0.2) is 0 Å². The van der Waals surface area contributed by atoms with Gasteiger partial charge in [0.05, 0.1) is 6.54 Å². The van der Waals surface area contributed by atoms with Gasteiger partial charge < -0.3 is 10.1 Å². The first-order valence-corrected chi connectivity index (χ1v) is 8.18. The van der Waals surface area contributed by atoms with Crippen LogP contribution in [0.1, 0.15) is 10.4 Å². The summed E-state index contributed by atoms with van der Waals surface area (Å²) in [6.07, 6.45) is 0. The largest absolute Gasteiger partial charge is 0.491 e. The van der Waals surface area contributed by atoms with Crippen LogP contribution in [0, 0.1) is 0 Å². The number of carbonyl (C=O) groups excluding carboxylic acids is 1. The molecule has 0 fully saturated rings. The Kier molecular flexibility index (Phi) is 4.93. The number of carbonyl (C=O) groups is 1. The van der Waals surface area contributed by atoms with Gasteiger partial charge in [-0.05, 0) is 35.7 Å². The van der Waals surface area contributed by atoms with E-state index in [1.807, 2.05) is 42.5 Å². The van der Waals surface area contributed by atoms with E-state index in [-0.39, 0.29) is 5.91 Å². The van der Waals surface area contributed by atoms with Gasteiger partial charge in [-0.15, -0.1) is 0 Å². The highest BCUT2D eigenvalue weighted by Gasteiger charge is 2.05. The Morgan fingerprint density at radius 3 is 2.52 bits per heavy atom. The average molecular weight is 370 g/mol. The normalized spacial score (nSPS) is 10.5. The van der Waals surface area contributed by atoms with Crippen molar-refractivity contribution >= 4 is 32.6 Å². The van der Waals surface area contributed by atoms with E-state index in [9.17, 15) is 4.79 Å². The van der Waals surface area contributed by atoms with Crippen LogP contribution in [0.3, 0.4) is 0 Å². The number of halogens is 1. The molecule has 3 nitrogen and oxygen atoms in total. The summed E-state index contributed by atoms with van der Waals surface area (Å²) in [6.45, 7) is 0.883. The summed E-state index contributed by atoms with van der Waals surface area (Å²) in [6, 6.07) is 21.3. The number of fused-ring (bicyclic) bond motifs is 1. The quantitative estimate of drug-likeness (QED) is 0.676. The highest BCUT2D eigenvalue weighted by atomic mass is 79.9. The van der Waals surface area contributed by atoms with E-state index in [1.165, 1.54) is 0 Å². The maximum atomic E-state index is 12.0. The lowest BCUT2D eigenvalue weighted by atomic mass is 10.1. The van der Waals surface area contributed by atoms with Crippen molar-refractivity contribution in [1.29, 1.82) is 0 Å². The van der Waals surface area contributed by atoms with Gasteiger partial charge >= 0.3 is 0 Å². The number of nitrogens with one attached hydrogen (secondary N) is 1. The number of hydrogen-bond acceptors (Lipinski definition) is 2. The molecule has 116 valence electrons. The van der Waals surface area contributed by atoms with Crippen molar-refractivity contribution in [2.75, 3.05) is 13.2 Å². The third kappa shape index (κ3) is 3.90. The van der Waals surface area contributed by atoms with Gasteiger partial charge in [0.25, 0.3) is 5.91 Å². The highest BCUT2D eigenvalue weighted by molar-refractivity contribution is 9.10. The number of amides is 1. The maximum absolute atomic E-state index is 12.0. The molecule has 1 amide bonds. The van der Waals surface area contributed by atoms with Gasteiger partial charge in [0.1, 0.15) is 12.4 Å². The zero-order valence-corrected chi connectivity index (χ0v) is 14.0. The topological polar surface area (TPSA) is 38.3 Å². The van der Waals surface area contributed by atoms with Gasteiger partial charge in [-0.2, -0.15) is 0 Å². The van der Waals surface area contributed by atoms with E-state index >= 15 is 0 Å². The molecule has 0 radical (unpaired) electrons. The molecule has 4 heteroatoms. The van der Waals surface area contributed by atoms with Crippen LogP contribution in [0.15, 0.2) is 71.2 Å². The van der Waals surface area contributed by atoms with Crippen molar-refractivity contribution in [2.45, 2.75) is 0 Å². The summed E-state index contributed by atoms with van der Waals surface area (Å²) in [4.78, 5) is 12.0. The van der Waals surface area contributed by atoms with Crippen molar-refractivity contribution in [3.8, 4) is 5.75 Å². The Bertz CT molecular complexity index is 810. The summed E-state index contributed by atoms with van der Waals surface area (Å²) in [5, 5.41) is 5.08. The van der Waals surface area contributed by atoms with Crippen LogP contribution in [0.2, 0.25) is 0 Å². The molecule has 0 aromatic heterocycles. The molecule has 0 aliphatic heterocycles. The molecule has 1 N–H and O–H groups in total. The lowest BCUT2D eigenvalue weighted by Gasteiger charge is -2.10. The number of hydrogen-bond donors (Lipinski definition) is 1. The molecule has 0 atom stereocenters. The van der Waals surface area contributed by atoms with Crippen LogP contribution in [-0.4, -0.2) is 19.1 Å². The predicted molar refractivity (Wildman–Crippen MR) is 95.9 cm³/mol. The number of benzene rings is 3. The first kappa shape index (κ1) is 15.6. The predicted octanol–water partition coefficient (Wildman–Crippen LogP) is 4.41. The summed E-state index contributed by atoms with van der Waals surface area (Å²) in [7, 11) is 0. The third-order valence-corrected chi connectivity index (χ3v) is 4.03. The minimum absolute atomic E-state index is 0.0981. The van der Waals surface area contributed by atoms with Crippen LogP contribution in [0.4, 0.5) is 0 Å². The molecule has 3 aromatic rings. The molecular weight excluding hydrogens is 354 g/mol. The lowest BCUT2D eigenvalue weighted by Crippen LogP contribution is -2.28. The number of ether oxygens (including phenoxy) is 1. The molecule has 0 spiro atoms. The van der Waals surface area contributed by atoms with E-state index in [4.69, 9.17) is 4.74 Å². The fourth-order valence-corrected chi connectivity index (χ4v) is 2.61. The Hall–Kier alpha value is -2.33. The second-order valence-electron chi connectivity index (χ2n) is 5.09. The standard InChI is InChI=1S/C19H16BrNO2/c20-16-10-8-15(9-11-16)19(22)21-12-13-23-18-7-3-5-14-4-1-2-6-17(14)18/h1-11H,12-13H2,(H,21,22). The minimum atomic E-state index is -0.0981. The summed E-state index contributed by atoms with van der Waals surface area (Å²) >= 11 is 3.35.